The Labute approximate surface area is 143 Å². The van der Waals surface area contributed by atoms with Crippen molar-refractivity contribution in [1.82, 2.24) is 0 Å². The molecule has 3 heterocycles. The number of methoxy groups -OCH3 is 1. The molecule has 0 amide bonds. The quantitative estimate of drug-likeness (QED) is 0.305. The van der Waals surface area contributed by atoms with E-state index < -0.39 is 67.8 Å². The van der Waals surface area contributed by atoms with Gasteiger partial charge < -0.3 is 39.0 Å². The number of fused-ring (bicyclic) bond motifs is 2. The lowest BCUT2D eigenvalue weighted by atomic mass is 9.90. The number of aliphatic hydroxyl groups excluding tert-OH is 3. The van der Waals surface area contributed by atoms with Gasteiger partial charge in [0.2, 0.25) is 0 Å². The Balaban J connectivity index is 1.68. The van der Waals surface area contributed by atoms with Gasteiger partial charge in [-0.15, -0.1) is 0 Å². The monoisotopic (exact) mass is 368 g/mol. The van der Waals surface area contributed by atoms with E-state index in [1.54, 1.807) is 6.92 Å². The number of hydrogen-bond donors (Lipinski definition) is 4. The maximum Gasteiger partial charge on any atom is 0.186 e. The second-order valence-corrected chi connectivity index (χ2v) is 6.38. The van der Waals surface area contributed by atoms with Crippen molar-refractivity contribution >= 4 is 0 Å². The molecule has 0 aliphatic carbocycles. The predicted molar refractivity (Wildman–Crippen MR) is 75.8 cm³/mol. The van der Waals surface area contributed by atoms with Gasteiger partial charge in [0, 0.05) is 13.0 Å². The molecule has 11 heteroatoms. The molecule has 3 saturated heterocycles. The van der Waals surface area contributed by atoms with E-state index in [-0.39, 0.29) is 6.61 Å². The molecule has 2 bridgehead atoms. The molecule has 11 nitrogen and oxygen atoms in total. The van der Waals surface area contributed by atoms with Gasteiger partial charge >= 0.3 is 0 Å². The van der Waals surface area contributed by atoms with Crippen molar-refractivity contribution in [3.63, 3.8) is 0 Å². The van der Waals surface area contributed by atoms with Crippen molar-refractivity contribution in [2.75, 3.05) is 20.3 Å². The minimum absolute atomic E-state index is 0.206. The average Bonchev–Trinajstić information content (AvgIpc) is 2.92. The summed E-state index contributed by atoms with van der Waals surface area (Å²) < 4.78 is 27.5. The molecule has 10 atom stereocenters. The average molecular weight is 368 g/mol. The van der Waals surface area contributed by atoms with E-state index in [1.807, 2.05) is 0 Å². The van der Waals surface area contributed by atoms with Gasteiger partial charge in [0.1, 0.15) is 42.7 Å². The van der Waals surface area contributed by atoms with Gasteiger partial charge in [-0.05, 0) is 0 Å². The molecular formula is C14H24O11. The van der Waals surface area contributed by atoms with E-state index in [4.69, 9.17) is 28.9 Å². The Morgan fingerprint density at radius 3 is 2.48 bits per heavy atom. The van der Waals surface area contributed by atoms with E-state index in [0.717, 1.165) is 0 Å². The first-order chi connectivity index (χ1) is 12.0. The second kappa shape index (κ2) is 8.06. The highest BCUT2D eigenvalue weighted by Gasteiger charge is 2.54. The Morgan fingerprint density at radius 1 is 1.08 bits per heavy atom. The summed E-state index contributed by atoms with van der Waals surface area (Å²) in [5.74, 6) is -0.581. The third-order valence-electron chi connectivity index (χ3n) is 4.94. The van der Waals surface area contributed by atoms with E-state index in [9.17, 15) is 15.3 Å². The van der Waals surface area contributed by atoms with Crippen molar-refractivity contribution in [1.29, 1.82) is 0 Å². The summed E-state index contributed by atoms with van der Waals surface area (Å²) >= 11 is 0. The molecule has 0 aromatic carbocycles. The highest BCUT2D eigenvalue weighted by atomic mass is 17.5. The summed E-state index contributed by atoms with van der Waals surface area (Å²) in [6.45, 7) is 1.40. The molecular weight excluding hydrogens is 344 g/mol. The summed E-state index contributed by atoms with van der Waals surface area (Å²) in [6, 6.07) is 0. The van der Waals surface area contributed by atoms with E-state index in [0.29, 0.717) is 0 Å². The lowest BCUT2D eigenvalue weighted by molar-refractivity contribution is -0.524. The maximum atomic E-state index is 10.4. The summed E-state index contributed by atoms with van der Waals surface area (Å²) in [5, 5.41) is 42.2. The van der Waals surface area contributed by atoms with E-state index in [1.165, 1.54) is 7.11 Å². The van der Waals surface area contributed by atoms with Crippen LogP contribution in [0.3, 0.4) is 0 Å². The first-order valence-corrected chi connectivity index (χ1v) is 8.06. The fourth-order valence-corrected chi connectivity index (χ4v) is 3.51. The summed E-state index contributed by atoms with van der Waals surface area (Å²) in [5.41, 5.74) is 0. The third-order valence-corrected chi connectivity index (χ3v) is 4.94. The smallest absolute Gasteiger partial charge is 0.186 e. The lowest BCUT2D eigenvalue weighted by Gasteiger charge is -2.44. The van der Waals surface area contributed by atoms with Crippen LogP contribution in [-0.2, 0) is 33.6 Å². The second-order valence-electron chi connectivity index (χ2n) is 6.38. The molecule has 4 unspecified atom stereocenters. The Morgan fingerprint density at radius 2 is 1.84 bits per heavy atom. The molecule has 0 spiro atoms. The van der Waals surface area contributed by atoms with Crippen LogP contribution in [0.4, 0.5) is 0 Å². The van der Waals surface area contributed by atoms with Gasteiger partial charge in [0.05, 0.1) is 13.2 Å². The summed E-state index contributed by atoms with van der Waals surface area (Å²) in [6.07, 6.45) is -7.79. The number of aliphatic hydroxyl groups is 3. The van der Waals surface area contributed by atoms with E-state index >= 15 is 0 Å². The zero-order valence-electron chi connectivity index (χ0n) is 13.8. The molecule has 146 valence electrons. The van der Waals surface area contributed by atoms with E-state index in [2.05, 4.69) is 9.93 Å². The highest BCUT2D eigenvalue weighted by molar-refractivity contribution is 4.97. The van der Waals surface area contributed by atoms with Crippen LogP contribution in [-0.4, -0.2) is 96.2 Å². The Bertz CT molecular complexity index is 435. The molecule has 0 saturated carbocycles. The van der Waals surface area contributed by atoms with Crippen LogP contribution in [0, 0.1) is 5.92 Å². The predicted octanol–water partition coefficient (Wildman–Crippen LogP) is -1.99. The molecule has 0 aromatic heterocycles. The van der Waals surface area contributed by atoms with Gasteiger partial charge in [-0.1, -0.05) is 12.0 Å². The normalized spacial score (nSPS) is 50.2. The number of ether oxygens (including phenoxy) is 5. The van der Waals surface area contributed by atoms with Gasteiger partial charge in [-0.25, -0.2) is 5.26 Å². The van der Waals surface area contributed by atoms with Crippen molar-refractivity contribution in [3.8, 4) is 0 Å². The minimum Gasteiger partial charge on any atom is -0.394 e. The van der Waals surface area contributed by atoms with Gasteiger partial charge in [0.25, 0.3) is 0 Å². The largest absolute Gasteiger partial charge is 0.394 e. The van der Waals surface area contributed by atoms with Crippen LogP contribution in [0.25, 0.3) is 0 Å². The third kappa shape index (κ3) is 3.55. The summed E-state index contributed by atoms with van der Waals surface area (Å²) in [4.78, 5) is 4.66. The van der Waals surface area contributed by atoms with Crippen LogP contribution in [0.1, 0.15) is 6.92 Å². The Kier molecular flexibility index (Phi) is 6.23. The molecule has 4 N–H and O–H groups in total. The molecule has 3 aliphatic rings. The first kappa shape index (κ1) is 19.3. The van der Waals surface area contributed by atoms with Crippen molar-refractivity contribution in [2.24, 2.45) is 5.92 Å². The topological polar surface area (TPSA) is 146 Å². The van der Waals surface area contributed by atoms with Crippen LogP contribution in [0.2, 0.25) is 0 Å². The van der Waals surface area contributed by atoms with Crippen LogP contribution in [0.15, 0.2) is 0 Å². The van der Waals surface area contributed by atoms with Gasteiger partial charge in [-0.2, -0.15) is 4.89 Å². The molecule has 0 radical (unpaired) electrons. The van der Waals surface area contributed by atoms with Gasteiger partial charge in [-0.3, -0.25) is 0 Å². The standard InChI is InChI=1S/C14H24O11/c1-5-8(16)14(21-6(3-15)10(5)24-25-18)23-11-7-4-20-12(11)9(17)13(19-2)22-7/h5-18H,3-4H2,1-2H3/t5-,6?,7?,8?,9+,10-,11+,12?,13+,14+/m1/s1. The highest BCUT2D eigenvalue weighted by Crippen LogP contribution is 2.36. The zero-order valence-corrected chi connectivity index (χ0v) is 13.8. The van der Waals surface area contributed by atoms with Crippen molar-refractivity contribution < 1.29 is 54.2 Å². The van der Waals surface area contributed by atoms with Crippen LogP contribution >= 0.6 is 0 Å². The number of rotatable bonds is 6. The zero-order chi connectivity index (χ0) is 18.1. The fraction of sp³-hybridized carbons (Fsp3) is 1.00. The molecule has 0 aromatic rings. The summed E-state index contributed by atoms with van der Waals surface area (Å²) in [7, 11) is 1.42. The fourth-order valence-electron chi connectivity index (χ4n) is 3.51. The molecule has 3 rings (SSSR count). The van der Waals surface area contributed by atoms with Crippen molar-refractivity contribution in [3.05, 3.63) is 0 Å². The van der Waals surface area contributed by atoms with Gasteiger partial charge in [0.15, 0.2) is 12.6 Å². The molecule has 3 aliphatic heterocycles. The van der Waals surface area contributed by atoms with Crippen molar-refractivity contribution in [2.45, 2.75) is 62.2 Å². The minimum atomic E-state index is -1.14. The lowest BCUT2D eigenvalue weighted by Crippen LogP contribution is -2.60. The van der Waals surface area contributed by atoms with Crippen LogP contribution in [0.5, 0.6) is 0 Å². The molecule has 25 heavy (non-hydrogen) atoms. The number of hydrogen-bond acceptors (Lipinski definition) is 11. The van der Waals surface area contributed by atoms with Crippen LogP contribution < -0.4 is 0 Å². The maximum absolute atomic E-state index is 10.4. The molecule has 3 fully saturated rings. The Hall–Kier alpha value is -0.440. The SMILES string of the molecule is CO[C@H]1OC2COC([C@H]2O[C@@H]2OC(CO)[C@H](OOO)[C@H](C)C2O)[C@@H]1O. The first-order valence-electron chi connectivity index (χ1n) is 8.06.